The number of fused-ring (bicyclic) bond motifs is 1. The summed E-state index contributed by atoms with van der Waals surface area (Å²) in [6, 6.07) is 0. The quantitative estimate of drug-likeness (QED) is 0.551. The van der Waals surface area contributed by atoms with Crippen molar-refractivity contribution in [2.24, 2.45) is 0 Å². The summed E-state index contributed by atoms with van der Waals surface area (Å²) < 4.78 is 0. The van der Waals surface area contributed by atoms with E-state index < -0.39 is 0 Å². The van der Waals surface area contributed by atoms with Gasteiger partial charge in [0, 0.05) is 9.75 Å². The van der Waals surface area contributed by atoms with E-state index in [0.29, 0.717) is 0 Å². The second kappa shape index (κ2) is 2.49. The molecule has 1 aliphatic carbocycles. The minimum absolute atomic E-state index is 1.23. The highest BCUT2D eigenvalue weighted by Gasteiger charge is 2.11. The van der Waals surface area contributed by atoms with Crippen LogP contribution in [0.2, 0.25) is 0 Å². The first-order valence-corrected chi connectivity index (χ1v) is 4.86. The molecule has 11 heavy (non-hydrogen) atoms. The first kappa shape index (κ1) is 7.11. The van der Waals surface area contributed by atoms with Gasteiger partial charge in [-0.25, -0.2) is 0 Å². The molecule has 2 rings (SSSR count). The zero-order chi connectivity index (χ0) is 7.84. The normalized spacial score (nSPS) is 15.1. The lowest BCUT2D eigenvalue weighted by atomic mass is 10.0. The summed E-state index contributed by atoms with van der Waals surface area (Å²) in [4.78, 5) is 3.07. The van der Waals surface area contributed by atoms with Crippen molar-refractivity contribution >= 4 is 17.4 Å². The fourth-order valence-corrected chi connectivity index (χ4v) is 2.72. The van der Waals surface area contributed by atoms with Crippen molar-refractivity contribution in [2.45, 2.75) is 26.7 Å². The van der Waals surface area contributed by atoms with E-state index in [1.165, 1.54) is 28.8 Å². The average Bonchev–Trinajstić information content (AvgIpc) is 2.30. The maximum atomic E-state index is 2.28. The highest BCUT2D eigenvalue weighted by atomic mass is 32.1. The zero-order valence-electron chi connectivity index (χ0n) is 6.98. The van der Waals surface area contributed by atoms with Gasteiger partial charge in [0.05, 0.1) is 0 Å². The molecule has 0 N–H and O–H groups in total. The Bertz CT molecular complexity index is 305. The molecule has 0 radical (unpaired) electrons. The van der Waals surface area contributed by atoms with Crippen molar-refractivity contribution < 1.29 is 0 Å². The Labute approximate surface area is 71.6 Å². The van der Waals surface area contributed by atoms with Gasteiger partial charge in [-0.15, -0.1) is 11.3 Å². The van der Waals surface area contributed by atoms with E-state index in [2.05, 4.69) is 26.0 Å². The number of hydrogen-bond acceptors (Lipinski definition) is 1. The molecule has 0 unspecified atom stereocenters. The third kappa shape index (κ3) is 1.04. The lowest BCUT2D eigenvalue weighted by molar-refractivity contribution is 1.01. The fraction of sp³-hybridized carbons (Fsp3) is 0.400. The summed E-state index contributed by atoms with van der Waals surface area (Å²) in [5.41, 5.74) is 2.99. The molecule has 1 aromatic rings. The molecule has 0 spiro atoms. The summed E-state index contributed by atoms with van der Waals surface area (Å²) in [5.74, 6) is 0. The summed E-state index contributed by atoms with van der Waals surface area (Å²) in [6.07, 6.45) is 7.04. The highest BCUT2D eigenvalue weighted by Crippen LogP contribution is 2.31. The molecule has 0 saturated carbocycles. The molecule has 0 aliphatic heterocycles. The molecule has 1 aliphatic rings. The number of hydrogen-bond donors (Lipinski definition) is 0. The average molecular weight is 164 g/mol. The van der Waals surface area contributed by atoms with Crippen LogP contribution in [-0.4, -0.2) is 0 Å². The molecular formula is C10H12S. The predicted octanol–water partition coefficient (Wildman–Crippen LogP) is 3.32. The third-order valence-electron chi connectivity index (χ3n) is 2.33. The molecule has 0 amide bonds. The monoisotopic (exact) mass is 164 g/mol. The van der Waals surface area contributed by atoms with Gasteiger partial charge in [0.25, 0.3) is 0 Å². The van der Waals surface area contributed by atoms with Crippen molar-refractivity contribution in [3.05, 3.63) is 27.0 Å². The molecular weight excluding hydrogens is 152 g/mol. The zero-order valence-corrected chi connectivity index (χ0v) is 7.79. The number of rotatable bonds is 0. The Morgan fingerprint density at radius 2 is 2.18 bits per heavy atom. The van der Waals surface area contributed by atoms with Gasteiger partial charge in [-0.2, -0.15) is 0 Å². The maximum Gasteiger partial charge on any atom is 0.0126 e. The molecule has 0 bridgehead atoms. The van der Waals surface area contributed by atoms with E-state index in [1.54, 1.807) is 4.88 Å². The molecule has 0 nitrogen and oxygen atoms in total. The van der Waals surface area contributed by atoms with Crippen molar-refractivity contribution in [3.8, 4) is 0 Å². The largest absolute Gasteiger partial charge is 0.145 e. The summed E-state index contributed by atoms with van der Waals surface area (Å²) in [7, 11) is 0. The van der Waals surface area contributed by atoms with Crippen LogP contribution in [0.4, 0.5) is 0 Å². The van der Waals surface area contributed by atoms with E-state index in [4.69, 9.17) is 0 Å². The van der Waals surface area contributed by atoms with E-state index >= 15 is 0 Å². The summed E-state index contributed by atoms with van der Waals surface area (Å²) >= 11 is 1.97. The highest BCUT2D eigenvalue weighted by molar-refractivity contribution is 7.12. The Hall–Kier alpha value is -0.560. The lowest BCUT2D eigenvalue weighted by Crippen LogP contribution is -1.88. The van der Waals surface area contributed by atoms with Crippen molar-refractivity contribution in [1.29, 1.82) is 0 Å². The molecule has 58 valence electrons. The first-order chi connectivity index (χ1) is 5.29. The third-order valence-corrected chi connectivity index (χ3v) is 3.61. The van der Waals surface area contributed by atoms with Crippen LogP contribution in [0.3, 0.4) is 0 Å². The SMILES string of the molecule is Cc1sc2c(c1C)C=CCC2. The lowest BCUT2D eigenvalue weighted by Gasteiger charge is -2.03. The number of aryl methyl sites for hydroxylation is 2. The second-order valence-electron chi connectivity index (χ2n) is 3.06. The van der Waals surface area contributed by atoms with Crippen LogP contribution in [0.25, 0.3) is 6.08 Å². The van der Waals surface area contributed by atoms with Crippen molar-refractivity contribution in [2.75, 3.05) is 0 Å². The smallest absolute Gasteiger partial charge is 0.0126 e. The molecule has 1 heterocycles. The van der Waals surface area contributed by atoms with Crippen LogP contribution in [0, 0.1) is 13.8 Å². The van der Waals surface area contributed by atoms with Gasteiger partial charge in [-0.1, -0.05) is 12.2 Å². The van der Waals surface area contributed by atoms with Gasteiger partial charge in [0.1, 0.15) is 0 Å². The van der Waals surface area contributed by atoms with Crippen molar-refractivity contribution in [3.63, 3.8) is 0 Å². The van der Waals surface area contributed by atoms with Crippen LogP contribution in [0.5, 0.6) is 0 Å². The van der Waals surface area contributed by atoms with Gasteiger partial charge < -0.3 is 0 Å². The molecule has 0 fully saturated rings. The van der Waals surface area contributed by atoms with Gasteiger partial charge >= 0.3 is 0 Å². The van der Waals surface area contributed by atoms with Gasteiger partial charge in [0.15, 0.2) is 0 Å². The molecule has 0 atom stereocenters. The minimum Gasteiger partial charge on any atom is -0.145 e. The summed E-state index contributed by atoms with van der Waals surface area (Å²) in [5, 5.41) is 0. The van der Waals surface area contributed by atoms with E-state index in [1.807, 2.05) is 11.3 Å². The van der Waals surface area contributed by atoms with E-state index in [0.717, 1.165) is 0 Å². The van der Waals surface area contributed by atoms with Crippen molar-refractivity contribution in [1.82, 2.24) is 0 Å². The van der Waals surface area contributed by atoms with Crippen LogP contribution in [0.1, 0.15) is 27.3 Å². The van der Waals surface area contributed by atoms with Crippen LogP contribution in [-0.2, 0) is 6.42 Å². The second-order valence-corrected chi connectivity index (χ2v) is 4.37. The van der Waals surface area contributed by atoms with Crippen LogP contribution < -0.4 is 0 Å². The molecule has 1 heteroatoms. The van der Waals surface area contributed by atoms with Crippen LogP contribution >= 0.6 is 11.3 Å². The number of allylic oxidation sites excluding steroid dienone is 1. The van der Waals surface area contributed by atoms with E-state index in [-0.39, 0.29) is 0 Å². The first-order valence-electron chi connectivity index (χ1n) is 4.04. The van der Waals surface area contributed by atoms with Crippen LogP contribution in [0.15, 0.2) is 6.08 Å². The standard InChI is InChI=1S/C10H12S/c1-7-8(2)11-10-6-4-3-5-9(7)10/h3,5H,4,6H2,1-2H3. The fourth-order valence-electron chi connectivity index (χ4n) is 1.53. The van der Waals surface area contributed by atoms with Gasteiger partial charge in [-0.3, -0.25) is 0 Å². The van der Waals surface area contributed by atoms with Gasteiger partial charge in [-0.05, 0) is 37.8 Å². The summed E-state index contributed by atoms with van der Waals surface area (Å²) in [6.45, 7) is 4.44. The topological polar surface area (TPSA) is 0 Å². The molecule has 1 aromatic heterocycles. The Morgan fingerprint density at radius 1 is 1.36 bits per heavy atom. The predicted molar refractivity (Wildman–Crippen MR) is 51.1 cm³/mol. The maximum absolute atomic E-state index is 2.28. The Balaban J connectivity index is 2.61. The number of thiophene rings is 1. The molecule has 0 aromatic carbocycles. The van der Waals surface area contributed by atoms with E-state index in [9.17, 15) is 0 Å². The Morgan fingerprint density at radius 3 is 2.91 bits per heavy atom. The van der Waals surface area contributed by atoms with Gasteiger partial charge in [0.2, 0.25) is 0 Å². The molecule has 0 saturated heterocycles. The Kier molecular flexibility index (Phi) is 1.61. The minimum atomic E-state index is 1.23.